The summed E-state index contributed by atoms with van der Waals surface area (Å²) >= 11 is 0. The van der Waals surface area contributed by atoms with Crippen molar-refractivity contribution in [1.82, 2.24) is 0 Å². The van der Waals surface area contributed by atoms with Crippen LogP contribution in [0, 0.1) is 0 Å². The highest BCUT2D eigenvalue weighted by Gasteiger charge is 1.90. The summed E-state index contributed by atoms with van der Waals surface area (Å²) in [6.45, 7) is 2.13. The molecule has 9 heavy (non-hydrogen) atoms. The summed E-state index contributed by atoms with van der Waals surface area (Å²) < 4.78 is 4.21. The Balaban J connectivity index is 3.01. The van der Waals surface area contributed by atoms with Gasteiger partial charge in [0.25, 0.3) is 0 Å². The normalized spacial score (nSPS) is 9.89. The Hall–Kier alpha value is -0.990. The molecule has 0 aliphatic heterocycles. The lowest BCUT2D eigenvalue weighted by molar-refractivity contribution is 0.0933. The van der Waals surface area contributed by atoms with E-state index in [2.05, 4.69) is 4.74 Å². The van der Waals surface area contributed by atoms with Crippen molar-refractivity contribution in [2.45, 2.75) is 13.3 Å². The highest BCUT2D eigenvalue weighted by Crippen LogP contribution is 1.84. The number of hydrogen-bond acceptors (Lipinski definition) is 2. The molecule has 0 fully saturated rings. The first-order chi connectivity index (χ1) is 4.27. The molecule has 0 spiro atoms. The van der Waals surface area contributed by atoms with E-state index in [1.165, 1.54) is 0 Å². The van der Waals surface area contributed by atoms with Crippen LogP contribution in [0.5, 0.6) is 0 Å². The Morgan fingerprint density at radius 2 is 2.44 bits per heavy atom. The molecule has 0 aromatic rings. The third-order valence-electron chi connectivity index (χ3n) is 0.746. The zero-order valence-electron chi connectivity index (χ0n) is 5.33. The zero-order chi connectivity index (χ0) is 7.11. The fourth-order valence-corrected chi connectivity index (χ4v) is 0.381. The van der Waals surface area contributed by atoms with Gasteiger partial charge in [0.05, 0.1) is 6.61 Å². The highest BCUT2D eigenvalue weighted by molar-refractivity contribution is 5.56. The van der Waals surface area contributed by atoms with Gasteiger partial charge in [0.2, 0.25) is 0 Å². The van der Waals surface area contributed by atoms with Crippen LogP contribution in [0.3, 0.4) is 0 Å². The van der Waals surface area contributed by atoms with Gasteiger partial charge in [-0.1, -0.05) is 12.2 Å². The smallest absolute Gasteiger partial charge is 0.450 e. The Morgan fingerprint density at radius 3 is 2.89 bits per heavy atom. The molecule has 0 aliphatic carbocycles. The number of ether oxygens (including phenoxy) is 1. The second-order valence-electron chi connectivity index (χ2n) is 1.47. The molecule has 0 rings (SSSR count). The minimum atomic E-state index is -1.21. The van der Waals surface area contributed by atoms with Crippen LogP contribution in [0.25, 0.3) is 0 Å². The Morgan fingerprint density at radius 1 is 1.78 bits per heavy atom. The molecule has 0 unspecified atom stereocenters. The van der Waals surface area contributed by atoms with Gasteiger partial charge in [-0.2, -0.15) is 0 Å². The summed E-state index contributed by atoms with van der Waals surface area (Å²) in [5.41, 5.74) is 0. The van der Waals surface area contributed by atoms with E-state index in [0.29, 0.717) is 6.42 Å². The lowest BCUT2D eigenvalue weighted by Crippen LogP contribution is -2.00. The molecule has 0 saturated heterocycles. The monoisotopic (exact) mass is 130 g/mol. The molecular weight excluding hydrogens is 120 g/mol. The first kappa shape index (κ1) is 8.01. The molecule has 3 nitrogen and oxygen atoms in total. The maximum absolute atomic E-state index is 9.72. The van der Waals surface area contributed by atoms with Gasteiger partial charge < -0.3 is 9.84 Å². The fourth-order valence-electron chi connectivity index (χ4n) is 0.381. The van der Waals surface area contributed by atoms with Crippen LogP contribution in [-0.4, -0.2) is 17.9 Å². The standard InChI is InChI=1S/C6H10O3/c1-2-3-4-5-9-6(7)8/h2-3H,4-5H2,1H3,(H,7,8)/b3-2+. The highest BCUT2D eigenvalue weighted by atomic mass is 16.7. The van der Waals surface area contributed by atoms with E-state index in [9.17, 15) is 4.79 Å². The third-order valence-corrected chi connectivity index (χ3v) is 0.746. The molecule has 0 aliphatic rings. The van der Waals surface area contributed by atoms with Crippen LogP contribution >= 0.6 is 0 Å². The van der Waals surface area contributed by atoms with Gasteiger partial charge in [0.1, 0.15) is 0 Å². The van der Waals surface area contributed by atoms with Crippen molar-refractivity contribution in [2.24, 2.45) is 0 Å². The zero-order valence-corrected chi connectivity index (χ0v) is 5.33. The van der Waals surface area contributed by atoms with Crippen LogP contribution in [0.15, 0.2) is 12.2 Å². The first-order valence-electron chi connectivity index (χ1n) is 2.74. The summed E-state index contributed by atoms with van der Waals surface area (Å²) in [7, 11) is 0. The molecule has 0 radical (unpaired) electrons. The number of rotatable bonds is 3. The number of hydrogen-bond donors (Lipinski definition) is 1. The first-order valence-corrected chi connectivity index (χ1v) is 2.74. The Kier molecular flexibility index (Phi) is 4.59. The van der Waals surface area contributed by atoms with Crippen molar-refractivity contribution < 1.29 is 14.6 Å². The number of carbonyl (C=O) groups is 1. The van der Waals surface area contributed by atoms with Gasteiger partial charge in [0.15, 0.2) is 0 Å². The van der Waals surface area contributed by atoms with E-state index >= 15 is 0 Å². The van der Waals surface area contributed by atoms with Crippen molar-refractivity contribution in [3.05, 3.63) is 12.2 Å². The predicted molar refractivity (Wildman–Crippen MR) is 33.4 cm³/mol. The van der Waals surface area contributed by atoms with Crippen LogP contribution in [0.1, 0.15) is 13.3 Å². The molecule has 3 heteroatoms. The molecule has 1 N–H and O–H groups in total. The summed E-state index contributed by atoms with van der Waals surface area (Å²) in [6, 6.07) is 0. The second-order valence-corrected chi connectivity index (χ2v) is 1.47. The summed E-state index contributed by atoms with van der Waals surface area (Å²) in [5, 5.41) is 7.97. The average Bonchev–Trinajstić information content (AvgIpc) is 1.80. The fraction of sp³-hybridized carbons (Fsp3) is 0.500. The topological polar surface area (TPSA) is 46.5 Å². The van der Waals surface area contributed by atoms with Gasteiger partial charge in [-0.05, 0) is 13.3 Å². The molecule has 0 aromatic heterocycles. The molecule has 0 aromatic carbocycles. The minimum absolute atomic E-state index is 0.250. The minimum Gasteiger partial charge on any atom is -0.450 e. The van der Waals surface area contributed by atoms with Crippen LogP contribution in [0.2, 0.25) is 0 Å². The largest absolute Gasteiger partial charge is 0.505 e. The molecule has 0 amide bonds. The average molecular weight is 130 g/mol. The van der Waals surface area contributed by atoms with Crippen molar-refractivity contribution in [2.75, 3.05) is 6.61 Å². The summed E-state index contributed by atoms with van der Waals surface area (Å²) in [5.74, 6) is 0. The summed E-state index contributed by atoms with van der Waals surface area (Å²) in [6.07, 6.45) is 3.15. The van der Waals surface area contributed by atoms with Gasteiger partial charge in [-0.15, -0.1) is 0 Å². The van der Waals surface area contributed by atoms with Crippen molar-refractivity contribution in [1.29, 1.82) is 0 Å². The molecule has 0 saturated carbocycles. The molecule has 52 valence electrons. The lowest BCUT2D eigenvalue weighted by Gasteiger charge is -1.93. The van der Waals surface area contributed by atoms with Crippen LogP contribution in [-0.2, 0) is 4.74 Å². The van der Waals surface area contributed by atoms with Crippen LogP contribution in [0.4, 0.5) is 4.79 Å². The number of allylic oxidation sites excluding steroid dienone is 1. The Labute approximate surface area is 53.9 Å². The third kappa shape index (κ3) is 7.01. The molecule has 0 atom stereocenters. The van der Waals surface area contributed by atoms with Crippen molar-refractivity contribution in [3.8, 4) is 0 Å². The van der Waals surface area contributed by atoms with E-state index in [1.807, 2.05) is 19.1 Å². The van der Waals surface area contributed by atoms with E-state index in [0.717, 1.165) is 0 Å². The lowest BCUT2D eigenvalue weighted by atomic mass is 10.4. The SMILES string of the molecule is C/C=C/CCOC(=O)O. The maximum Gasteiger partial charge on any atom is 0.505 e. The number of carboxylic acid groups (broad SMARTS) is 1. The van der Waals surface area contributed by atoms with Gasteiger partial charge in [-0.25, -0.2) is 4.79 Å². The van der Waals surface area contributed by atoms with Gasteiger partial charge in [0, 0.05) is 0 Å². The molecule has 0 bridgehead atoms. The van der Waals surface area contributed by atoms with E-state index < -0.39 is 6.16 Å². The predicted octanol–water partition coefficient (Wildman–Crippen LogP) is 1.65. The Bertz CT molecular complexity index is 107. The quantitative estimate of drug-likeness (QED) is 0.359. The molecule has 0 heterocycles. The maximum atomic E-state index is 9.72. The van der Waals surface area contributed by atoms with Crippen LogP contribution < -0.4 is 0 Å². The van der Waals surface area contributed by atoms with Crippen molar-refractivity contribution in [3.63, 3.8) is 0 Å². The van der Waals surface area contributed by atoms with Gasteiger partial charge >= 0.3 is 6.16 Å². The van der Waals surface area contributed by atoms with E-state index in [1.54, 1.807) is 0 Å². The van der Waals surface area contributed by atoms with Crippen molar-refractivity contribution >= 4 is 6.16 Å². The van der Waals surface area contributed by atoms with E-state index in [-0.39, 0.29) is 6.61 Å². The van der Waals surface area contributed by atoms with Gasteiger partial charge in [-0.3, -0.25) is 0 Å². The summed E-state index contributed by atoms with van der Waals surface area (Å²) in [4.78, 5) is 9.72. The second kappa shape index (κ2) is 5.15. The van der Waals surface area contributed by atoms with E-state index in [4.69, 9.17) is 5.11 Å². The molecular formula is C6H10O3.